The van der Waals surface area contributed by atoms with Crippen molar-refractivity contribution in [2.45, 2.75) is 31.1 Å². The first kappa shape index (κ1) is 15.9. The number of hydrogen-bond acceptors (Lipinski definition) is 3. The van der Waals surface area contributed by atoms with E-state index in [0.29, 0.717) is 19.4 Å². The predicted octanol–water partition coefficient (Wildman–Crippen LogP) is 0.830. The molecule has 0 aliphatic heterocycles. The normalized spacial score (nSPS) is 15.5. The van der Waals surface area contributed by atoms with Crippen LogP contribution in [0.4, 0.5) is 0 Å². The third-order valence-corrected chi connectivity index (χ3v) is 4.42. The maximum absolute atomic E-state index is 11.8. The molecule has 1 aromatic rings. The van der Waals surface area contributed by atoms with E-state index in [4.69, 9.17) is 5.73 Å². The summed E-state index contributed by atoms with van der Waals surface area (Å²) in [6.45, 7) is 2.42. The van der Waals surface area contributed by atoms with Gasteiger partial charge in [-0.15, -0.1) is 0 Å². The predicted molar refractivity (Wildman–Crippen MR) is 79.3 cm³/mol. The van der Waals surface area contributed by atoms with Gasteiger partial charge < -0.3 is 11.1 Å². The maximum Gasteiger partial charge on any atom is 0.237 e. The first-order valence-electron chi connectivity index (χ1n) is 6.40. The third kappa shape index (κ3) is 5.98. The van der Waals surface area contributed by atoms with Crippen molar-refractivity contribution in [2.75, 3.05) is 12.8 Å². The average Bonchev–Trinajstić information content (AvgIpc) is 2.39. The summed E-state index contributed by atoms with van der Waals surface area (Å²) in [5, 5.41) is 2.88. The second-order valence-electron chi connectivity index (χ2n) is 4.69. The fourth-order valence-electron chi connectivity index (χ4n) is 1.66. The van der Waals surface area contributed by atoms with Gasteiger partial charge in [0.25, 0.3) is 0 Å². The maximum atomic E-state index is 11.8. The Morgan fingerprint density at radius 3 is 2.58 bits per heavy atom. The van der Waals surface area contributed by atoms with Crippen LogP contribution in [0.2, 0.25) is 0 Å². The molecule has 2 unspecified atom stereocenters. The molecule has 0 radical (unpaired) electrons. The highest BCUT2D eigenvalue weighted by molar-refractivity contribution is 7.84. The molecule has 3 N–H and O–H groups in total. The van der Waals surface area contributed by atoms with E-state index in [0.717, 1.165) is 5.56 Å². The molecule has 0 bridgehead atoms. The monoisotopic (exact) mass is 282 g/mol. The van der Waals surface area contributed by atoms with Crippen LogP contribution in [0.3, 0.4) is 0 Å². The van der Waals surface area contributed by atoms with Crippen LogP contribution in [0.1, 0.15) is 18.9 Å². The van der Waals surface area contributed by atoms with Gasteiger partial charge in [0.2, 0.25) is 5.91 Å². The Kier molecular flexibility index (Phi) is 6.73. The lowest BCUT2D eigenvalue weighted by atomic mass is 10.1. The van der Waals surface area contributed by atoms with Crippen LogP contribution in [-0.2, 0) is 22.0 Å². The molecule has 4 nitrogen and oxygen atoms in total. The van der Waals surface area contributed by atoms with Gasteiger partial charge in [-0.25, -0.2) is 0 Å². The van der Waals surface area contributed by atoms with Crippen molar-refractivity contribution in [3.8, 4) is 0 Å². The SMILES string of the molecule is CC(CCNC(=O)[C@@H](N)Cc1ccccc1)S(C)=O. The summed E-state index contributed by atoms with van der Waals surface area (Å²) in [5.41, 5.74) is 6.90. The van der Waals surface area contributed by atoms with Crippen molar-refractivity contribution in [3.05, 3.63) is 35.9 Å². The first-order chi connectivity index (χ1) is 9.00. The minimum atomic E-state index is -0.850. The van der Waals surface area contributed by atoms with Gasteiger partial charge in [0.15, 0.2) is 0 Å². The summed E-state index contributed by atoms with van der Waals surface area (Å²) < 4.78 is 11.2. The lowest BCUT2D eigenvalue weighted by Gasteiger charge is -2.13. The molecule has 106 valence electrons. The summed E-state index contributed by atoms with van der Waals surface area (Å²) in [6, 6.07) is 9.16. The van der Waals surface area contributed by atoms with E-state index in [-0.39, 0.29) is 11.2 Å². The van der Waals surface area contributed by atoms with Crippen LogP contribution in [0.15, 0.2) is 30.3 Å². The van der Waals surface area contributed by atoms with E-state index in [1.165, 1.54) is 0 Å². The van der Waals surface area contributed by atoms with Gasteiger partial charge in [-0.05, 0) is 18.4 Å². The zero-order chi connectivity index (χ0) is 14.3. The summed E-state index contributed by atoms with van der Waals surface area (Å²) in [5.74, 6) is -0.155. The van der Waals surface area contributed by atoms with Crippen LogP contribution < -0.4 is 11.1 Å². The van der Waals surface area contributed by atoms with Crippen molar-refractivity contribution < 1.29 is 9.00 Å². The smallest absolute Gasteiger partial charge is 0.237 e. The molecule has 1 amide bonds. The number of benzene rings is 1. The Bertz CT molecular complexity index is 423. The van der Waals surface area contributed by atoms with Crippen LogP contribution in [0, 0.1) is 0 Å². The van der Waals surface area contributed by atoms with Gasteiger partial charge in [-0.2, -0.15) is 0 Å². The molecule has 0 aliphatic carbocycles. The standard InChI is InChI=1S/C14H22N2O2S/c1-11(19(2)18)8-9-16-14(17)13(15)10-12-6-4-3-5-7-12/h3-7,11,13H,8-10,15H2,1-2H3,(H,16,17)/t11?,13-,19?/m0/s1. The Morgan fingerprint density at radius 1 is 1.37 bits per heavy atom. The molecule has 0 heterocycles. The van der Waals surface area contributed by atoms with Crippen LogP contribution >= 0.6 is 0 Å². The number of amides is 1. The number of rotatable bonds is 7. The molecule has 3 atom stereocenters. The first-order valence-corrected chi connectivity index (χ1v) is 8.02. The van der Waals surface area contributed by atoms with Crippen molar-refractivity contribution in [2.24, 2.45) is 5.73 Å². The van der Waals surface area contributed by atoms with Crippen molar-refractivity contribution in [1.82, 2.24) is 5.32 Å². The molecule has 19 heavy (non-hydrogen) atoms. The number of carbonyl (C=O) groups is 1. The molecular formula is C14H22N2O2S. The largest absolute Gasteiger partial charge is 0.355 e. The van der Waals surface area contributed by atoms with Gasteiger partial charge in [0, 0.05) is 28.9 Å². The minimum absolute atomic E-state index is 0.0886. The van der Waals surface area contributed by atoms with Gasteiger partial charge in [-0.3, -0.25) is 9.00 Å². The Morgan fingerprint density at radius 2 is 2.00 bits per heavy atom. The van der Waals surface area contributed by atoms with E-state index in [1.54, 1.807) is 6.26 Å². The molecular weight excluding hydrogens is 260 g/mol. The molecule has 0 aliphatic rings. The quantitative estimate of drug-likeness (QED) is 0.778. The van der Waals surface area contributed by atoms with E-state index in [9.17, 15) is 9.00 Å². The van der Waals surface area contributed by atoms with Crippen molar-refractivity contribution in [1.29, 1.82) is 0 Å². The van der Waals surface area contributed by atoms with Gasteiger partial charge in [0.1, 0.15) is 0 Å². The van der Waals surface area contributed by atoms with Crippen molar-refractivity contribution >= 4 is 16.7 Å². The fraction of sp³-hybridized carbons (Fsp3) is 0.500. The zero-order valence-electron chi connectivity index (χ0n) is 11.5. The molecule has 0 fully saturated rings. The minimum Gasteiger partial charge on any atom is -0.355 e. The Hall–Kier alpha value is -1.20. The molecule has 5 heteroatoms. The summed E-state index contributed by atoms with van der Waals surface area (Å²) in [6.07, 6.45) is 2.91. The van der Waals surface area contributed by atoms with Crippen LogP contribution in [0.25, 0.3) is 0 Å². The lowest BCUT2D eigenvalue weighted by molar-refractivity contribution is -0.122. The third-order valence-electron chi connectivity index (χ3n) is 3.05. The fourth-order valence-corrected chi connectivity index (χ4v) is 2.11. The van der Waals surface area contributed by atoms with E-state index < -0.39 is 16.8 Å². The molecule has 1 rings (SSSR count). The van der Waals surface area contributed by atoms with E-state index in [2.05, 4.69) is 5.32 Å². The number of nitrogens with one attached hydrogen (secondary N) is 1. The number of nitrogens with two attached hydrogens (primary N) is 1. The molecule has 0 spiro atoms. The summed E-state index contributed by atoms with van der Waals surface area (Å²) in [7, 11) is -0.850. The van der Waals surface area contributed by atoms with E-state index in [1.807, 2.05) is 37.3 Å². The second kappa shape index (κ2) is 8.07. The molecule has 1 aromatic carbocycles. The number of hydrogen-bond donors (Lipinski definition) is 2. The van der Waals surface area contributed by atoms with Crippen molar-refractivity contribution in [3.63, 3.8) is 0 Å². The lowest BCUT2D eigenvalue weighted by Crippen LogP contribution is -2.42. The molecule has 0 saturated heterocycles. The topological polar surface area (TPSA) is 72.2 Å². The van der Waals surface area contributed by atoms with Gasteiger partial charge in [-0.1, -0.05) is 37.3 Å². The summed E-state index contributed by atoms with van der Waals surface area (Å²) >= 11 is 0. The van der Waals surface area contributed by atoms with Crippen LogP contribution in [-0.4, -0.2) is 34.2 Å². The summed E-state index contributed by atoms with van der Waals surface area (Å²) in [4.78, 5) is 11.8. The number of carbonyl (C=O) groups excluding carboxylic acids is 1. The van der Waals surface area contributed by atoms with E-state index >= 15 is 0 Å². The highest BCUT2D eigenvalue weighted by atomic mass is 32.2. The molecule has 0 saturated carbocycles. The highest BCUT2D eigenvalue weighted by Crippen LogP contribution is 2.02. The highest BCUT2D eigenvalue weighted by Gasteiger charge is 2.14. The average molecular weight is 282 g/mol. The van der Waals surface area contributed by atoms with Crippen LogP contribution in [0.5, 0.6) is 0 Å². The molecule has 0 aromatic heterocycles. The van der Waals surface area contributed by atoms with Gasteiger partial charge in [0.05, 0.1) is 6.04 Å². The van der Waals surface area contributed by atoms with Gasteiger partial charge >= 0.3 is 0 Å². The second-order valence-corrected chi connectivity index (χ2v) is 6.49. The Balaban J connectivity index is 2.31. The Labute approximate surface area is 117 Å². The zero-order valence-corrected chi connectivity index (χ0v) is 12.3.